The second-order valence-electron chi connectivity index (χ2n) is 6.89. The van der Waals surface area contributed by atoms with Gasteiger partial charge in [0.25, 0.3) is 0 Å². The molecule has 0 spiro atoms. The predicted molar refractivity (Wildman–Crippen MR) is 99.7 cm³/mol. The quantitative estimate of drug-likeness (QED) is 0.647. The van der Waals surface area contributed by atoms with Gasteiger partial charge in [-0.3, -0.25) is 9.48 Å². The molecule has 1 aromatic rings. The van der Waals surface area contributed by atoms with Crippen LogP contribution in [-0.4, -0.2) is 40.7 Å². The van der Waals surface area contributed by atoms with Gasteiger partial charge in [-0.15, -0.1) is 6.42 Å². The number of rotatable bonds is 5. The monoisotopic (exact) mass is 361 g/mol. The van der Waals surface area contributed by atoms with E-state index in [2.05, 4.69) is 16.3 Å². The molecule has 6 heteroatoms. The summed E-state index contributed by atoms with van der Waals surface area (Å²) in [4.78, 5) is 12.3. The van der Waals surface area contributed by atoms with Crippen LogP contribution >= 0.6 is 11.8 Å². The molecular formula is C19H27N3O2S. The van der Waals surface area contributed by atoms with E-state index in [9.17, 15) is 4.79 Å². The Morgan fingerprint density at radius 3 is 2.72 bits per heavy atom. The highest BCUT2D eigenvalue weighted by Crippen LogP contribution is 2.31. The van der Waals surface area contributed by atoms with Crippen molar-refractivity contribution in [2.24, 2.45) is 0 Å². The van der Waals surface area contributed by atoms with Crippen molar-refractivity contribution in [1.29, 1.82) is 0 Å². The zero-order valence-corrected chi connectivity index (χ0v) is 15.7. The average Bonchev–Trinajstić information content (AvgIpc) is 2.97. The van der Waals surface area contributed by atoms with E-state index in [0.717, 1.165) is 55.2 Å². The number of carbonyl (C=O) groups is 1. The summed E-state index contributed by atoms with van der Waals surface area (Å²) in [6, 6.07) is 0.648. The number of carbonyl (C=O) groups excluding carboxylic acids is 1. The smallest absolute Gasteiger partial charge is 0.230 e. The third-order valence-electron chi connectivity index (χ3n) is 5.03. The molecule has 5 nitrogen and oxygen atoms in total. The first-order valence-electron chi connectivity index (χ1n) is 9.24. The lowest BCUT2D eigenvalue weighted by Gasteiger charge is -2.24. The largest absolute Gasteiger partial charge is 0.381 e. The van der Waals surface area contributed by atoms with Gasteiger partial charge in [-0.05, 0) is 32.6 Å². The van der Waals surface area contributed by atoms with Gasteiger partial charge in [0, 0.05) is 19.3 Å². The molecule has 2 heterocycles. The number of nitrogens with zero attached hydrogens (tertiary/aromatic N) is 2. The fourth-order valence-corrected chi connectivity index (χ4v) is 4.68. The number of aryl methyl sites for hydroxylation is 1. The summed E-state index contributed by atoms with van der Waals surface area (Å²) in [5.74, 6) is 3.24. The molecule has 1 amide bonds. The van der Waals surface area contributed by atoms with Gasteiger partial charge in [-0.2, -0.15) is 5.10 Å². The molecule has 25 heavy (non-hydrogen) atoms. The van der Waals surface area contributed by atoms with Crippen molar-refractivity contribution >= 4 is 17.7 Å². The molecule has 1 saturated heterocycles. The van der Waals surface area contributed by atoms with Crippen LogP contribution in [0.15, 0.2) is 5.03 Å². The van der Waals surface area contributed by atoms with Crippen LogP contribution in [0.4, 0.5) is 0 Å². The molecule has 2 aliphatic rings. The lowest BCUT2D eigenvalue weighted by molar-refractivity contribution is -0.119. The minimum absolute atomic E-state index is 0.0947. The molecule has 0 aromatic carbocycles. The van der Waals surface area contributed by atoms with Crippen molar-refractivity contribution in [2.75, 3.05) is 19.0 Å². The molecule has 1 aliphatic heterocycles. The lowest BCUT2D eigenvalue weighted by Crippen LogP contribution is -2.37. The number of ether oxygens (including phenoxy) is 1. The van der Waals surface area contributed by atoms with Crippen LogP contribution in [0.25, 0.3) is 0 Å². The van der Waals surface area contributed by atoms with Gasteiger partial charge >= 0.3 is 0 Å². The van der Waals surface area contributed by atoms with Gasteiger partial charge in [-0.25, -0.2) is 0 Å². The van der Waals surface area contributed by atoms with Crippen LogP contribution < -0.4 is 5.32 Å². The van der Waals surface area contributed by atoms with Crippen LogP contribution in [-0.2, 0) is 9.53 Å². The summed E-state index contributed by atoms with van der Waals surface area (Å²) >= 11 is 1.51. The van der Waals surface area contributed by atoms with Gasteiger partial charge in [0.2, 0.25) is 5.91 Å². The zero-order valence-electron chi connectivity index (χ0n) is 14.9. The van der Waals surface area contributed by atoms with E-state index < -0.39 is 0 Å². The fourth-order valence-electron chi connectivity index (χ4n) is 3.66. The Hall–Kier alpha value is -1.45. The van der Waals surface area contributed by atoms with Gasteiger partial charge < -0.3 is 10.1 Å². The van der Waals surface area contributed by atoms with Crippen molar-refractivity contribution < 1.29 is 9.53 Å². The maximum atomic E-state index is 12.3. The summed E-state index contributed by atoms with van der Waals surface area (Å²) in [7, 11) is 0. The highest BCUT2D eigenvalue weighted by atomic mass is 32.2. The number of terminal acetylenes is 1. The Morgan fingerprint density at radius 2 is 2.04 bits per heavy atom. The topological polar surface area (TPSA) is 56.2 Å². The Morgan fingerprint density at radius 1 is 1.32 bits per heavy atom. The first-order valence-corrected chi connectivity index (χ1v) is 10.2. The molecule has 1 aromatic heterocycles. The van der Waals surface area contributed by atoms with Crippen LogP contribution in [0, 0.1) is 19.3 Å². The predicted octanol–water partition coefficient (Wildman–Crippen LogP) is 3.07. The Balaban J connectivity index is 1.65. The molecule has 0 radical (unpaired) electrons. The average molecular weight is 362 g/mol. The molecule has 1 N–H and O–H groups in total. The van der Waals surface area contributed by atoms with Gasteiger partial charge in [0.15, 0.2) is 0 Å². The molecule has 0 unspecified atom stereocenters. The number of amides is 1. The van der Waals surface area contributed by atoms with Gasteiger partial charge in [0.1, 0.15) is 5.03 Å². The van der Waals surface area contributed by atoms with Crippen molar-refractivity contribution in [3.05, 3.63) is 11.3 Å². The molecule has 1 saturated carbocycles. The summed E-state index contributed by atoms with van der Waals surface area (Å²) < 4.78 is 7.49. The van der Waals surface area contributed by atoms with Crippen molar-refractivity contribution in [1.82, 2.24) is 15.1 Å². The Kier molecular flexibility index (Phi) is 6.44. The summed E-state index contributed by atoms with van der Waals surface area (Å²) in [5.41, 5.74) is 1.69. The summed E-state index contributed by atoms with van der Waals surface area (Å²) in [5, 5.41) is 8.79. The van der Waals surface area contributed by atoms with Crippen molar-refractivity contribution in [3.8, 4) is 12.3 Å². The minimum Gasteiger partial charge on any atom is -0.381 e. The summed E-state index contributed by atoms with van der Waals surface area (Å²) in [6.45, 7) is 3.44. The van der Waals surface area contributed by atoms with Crippen molar-refractivity contribution in [3.63, 3.8) is 0 Å². The highest BCUT2D eigenvalue weighted by Gasteiger charge is 2.24. The lowest BCUT2D eigenvalue weighted by atomic mass is 9.95. The number of nitrogens with one attached hydrogen (secondary N) is 1. The molecule has 1 aliphatic carbocycles. The van der Waals surface area contributed by atoms with Crippen LogP contribution in [0.3, 0.4) is 0 Å². The third-order valence-corrected chi connectivity index (χ3v) is 6.10. The molecular weight excluding hydrogens is 334 g/mol. The zero-order chi connectivity index (χ0) is 17.6. The molecule has 0 bridgehead atoms. The number of hydrogen-bond acceptors (Lipinski definition) is 4. The number of aromatic nitrogens is 2. The van der Waals surface area contributed by atoms with E-state index in [1.165, 1.54) is 31.0 Å². The second kappa shape index (κ2) is 8.77. The van der Waals surface area contributed by atoms with Crippen molar-refractivity contribution in [2.45, 2.75) is 69.0 Å². The molecule has 2 fully saturated rings. The molecule has 136 valence electrons. The van der Waals surface area contributed by atoms with Crippen LogP contribution in [0.2, 0.25) is 0 Å². The highest BCUT2D eigenvalue weighted by molar-refractivity contribution is 8.00. The van der Waals surface area contributed by atoms with Crippen LogP contribution in [0.1, 0.15) is 62.2 Å². The van der Waals surface area contributed by atoms with Crippen LogP contribution in [0.5, 0.6) is 0 Å². The van der Waals surface area contributed by atoms with E-state index in [0.29, 0.717) is 17.8 Å². The van der Waals surface area contributed by atoms with Gasteiger partial charge in [0.05, 0.1) is 23.1 Å². The number of thioether (sulfide) groups is 1. The van der Waals surface area contributed by atoms with Gasteiger partial charge in [-0.1, -0.05) is 36.9 Å². The maximum Gasteiger partial charge on any atom is 0.230 e. The SMILES string of the molecule is C#Cc1c(C)nn(C2CCOCC2)c1SCC(=O)NC1CCCCC1. The minimum atomic E-state index is 0.0947. The van der Waals surface area contributed by atoms with E-state index in [4.69, 9.17) is 11.2 Å². The number of hydrogen-bond donors (Lipinski definition) is 1. The normalized spacial score (nSPS) is 19.5. The maximum absolute atomic E-state index is 12.3. The molecule has 0 atom stereocenters. The molecule has 3 rings (SSSR count). The van der Waals surface area contributed by atoms with E-state index in [-0.39, 0.29) is 5.91 Å². The fraction of sp³-hybridized carbons (Fsp3) is 0.684. The first kappa shape index (κ1) is 18.3. The standard InChI is InChI=1S/C19H27N3O2S/c1-3-17-14(2)21-22(16-9-11-24-12-10-16)19(17)25-13-18(23)20-15-7-5-4-6-8-15/h1,15-16H,4-13H2,2H3,(H,20,23). The third kappa shape index (κ3) is 4.59. The second-order valence-corrected chi connectivity index (χ2v) is 7.85. The first-order chi connectivity index (χ1) is 12.2. The van der Waals surface area contributed by atoms with E-state index in [1.807, 2.05) is 11.6 Å². The Bertz CT molecular complexity index is 638. The summed E-state index contributed by atoms with van der Waals surface area (Å²) in [6.07, 6.45) is 13.5. The van der Waals surface area contributed by atoms with E-state index in [1.54, 1.807) is 0 Å². The van der Waals surface area contributed by atoms with E-state index >= 15 is 0 Å². The Labute approximate surface area is 154 Å².